The van der Waals surface area contributed by atoms with Crippen LogP contribution in [-0.4, -0.2) is 81.0 Å². The van der Waals surface area contributed by atoms with Crippen molar-refractivity contribution >= 4 is 35.1 Å². The van der Waals surface area contributed by atoms with E-state index >= 15 is 0 Å². The Bertz CT molecular complexity index is 1020. The lowest BCUT2D eigenvalue weighted by Crippen LogP contribution is -2.40. The summed E-state index contributed by atoms with van der Waals surface area (Å²) in [5.41, 5.74) is 1.83. The van der Waals surface area contributed by atoms with Gasteiger partial charge in [-0.1, -0.05) is 11.6 Å². The minimum absolute atomic E-state index is 0.235. The SMILES string of the molecule is Cc1nn(C2CC3CCC(C2)N3C)cc1Nc1ncc(Cl)c(NCCCN2CCCOC2=O)n1. The molecule has 34 heavy (non-hydrogen) atoms. The number of piperidine rings is 1. The fraction of sp³-hybridized carbons (Fsp3) is 0.652. The molecule has 0 aliphatic carbocycles. The molecule has 0 radical (unpaired) electrons. The van der Waals surface area contributed by atoms with Crippen molar-refractivity contribution in [2.45, 2.75) is 63.6 Å². The molecule has 3 fully saturated rings. The number of fused-ring (bicyclic) bond motifs is 2. The molecule has 0 aromatic carbocycles. The van der Waals surface area contributed by atoms with Gasteiger partial charge in [0.25, 0.3) is 0 Å². The quantitative estimate of drug-likeness (QED) is 0.541. The Morgan fingerprint density at radius 1 is 1.24 bits per heavy atom. The summed E-state index contributed by atoms with van der Waals surface area (Å²) >= 11 is 6.31. The van der Waals surface area contributed by atoms with Crippen LogP contribution in [0.15, 0.2) is 12.4 Å². The number of amides is 1. The molecule has 1 amide bonds. The summed E-state index contributed by atoms with van der Waals surface area (Å²) in [6.07, 6.45) is 9.95. The van der Waals surface area contributed by atoms with Crippen molar-refractivity contribution in [3.05, 3.63) is 23.1 Å². The van der Waals surface area contributed by atoms with Gasteiger partial charge in [0.05, 0.1) is 30.2 Å². The highest BCUT2D eigenvalue weighted by molar-refractivity contribution is 6.32. The minimum atomic E-state index is -0.235. The third-order valence-electron chi connectivity index (χ3n) is 7.31. The van der Waals surface area contributed by atoms with Gasteiger partial charge in [0.1, 0.15) is 10.8 Å². The van der Waals surface area contributed by atoms with Gasteiger partial charge in [-0.05, 0) is 52.5 Å². The molecule has 0 saturated carbocycles. The van der Waals surface area contributed by atoms with E-state index in [-0.39, 0.29) is 6.09 Å². The zero-order valence-corrected chi connectivity index (χ0v) is 20.6. The van der Waals surface area contributed by atoms with Crippen molar-refractivity contribution in [3.8, 4) is 0 Å². The molecular weight excluding hydrogens is 456 g/mol. The number of anilines is 3. The first-order valence-electron chi connectivity index (χ1n) is 12.2. The first kappa shape index (κ1) is 23.2. The number of aryl methyl sites for hydroxylation is 1. The van der Waals surface area contributed by atoms with E-state index in [1.807, 2.05) is 6.92 Å². The van der Waals surface area contributed by atoms with Crippen molar-refractivity contribution < 1.29 is 9.53 Å². The van der Waals surface area contributed by atoms with Crippen molar-refractivity contribution in [2.75, 3.05) is 43.9 Å². The molecule has 2 bridgehead atoms. The number of carbonyl (C=O) groups excluding carboxylic acids is 1. The average molecular weight is 489 g/mol. The van der Waals surface area contributed by atoms with Gasteiger partial charge in [-0.25, -0.2) is 9.78 Å². The van der Waals surface area contributed by atoms with Crippen LogP contribution in [0.1, 0.15) is 50.3 Å². The maximum absolute atomic E-state index is 11.7. The Hall–Kier alpha value is -2.59. The van der Waals surface area contributed by atoms with Crippen molar-refractivity contribution in [3.63, 3.8) is 0 Å². The summed E-state index contributed by atoms with van der Waals surface area (Å²) in [4.78, 5) is 24.9. The Morgan fingerprint density at radius 2 is 2.03 bits per heavy atom. The molecule has 2 aromatic heterocycles. The molecule has 2 atom stereocenters. The third-order valence-corrected chi connectivity index (χ3v) is 7.58. The van der Waals surface area contributed by atoms with Gasteiger partial charge in [-0.3, -0.25) is 4.68 Å². The number of cyclic esters (lactones) is 1. The van der Waals surface area contributed by atoms with Gasteiger partial charge in [-0.2, -0.15) is 10.1 Å². The Balaban J connectivity index is 1.18. The highest BCUT2D eigenvalue weighted by atomic mass is 35.5. The molecular formula is C23H33ClN8O2. The van der Waals surface area contributed by atoms with Crippen LogP contribution in [0.4, 0.5) is 22.2 Å². The van der Waals surface area contributed by atoms with Gasteiger partial charge in [0.2, 0.25) is 5.95 Å². The molecule has 2 aromatic rings. The number of rotatable bonds is 8. The van der Waals surface area contributed by atoms with Crippen LogP contribution in [0.5, 0.6) is 0 Å². The summed E-state index contributed by atoms with van der Waals surface area (Å²) in [7, 11) is 2.25. The average Bonchev–Trinajstić information content (AvgIpc) is 3.26. The maximum Gasteiger partial charge on any atom is 0.409 e. The van der Waals surface area contributed by atoms with E-state index < -0.39 is 0 Å². The van der Waals surface area contributed by atoms with Gasteiger partial charge < -0.3 is 25.2 Å². The number of ether oxygens (including phenoxy) is 1. The van der Waals surface area contributed by atoms with Crippen LogP contribution in [-0.2, 0) is 4.74 Å². The lowest BCUT2D eigenvalue weighted by atomic mass is 9.98. The number of carbonyl (C=O) groups is 1. The summed E-state index contributed by atoms with van der Waals surface area (Å²) in [6, 6.07) is 1.76. The predicted octanol–water partition coefficient (Wildman–Crippen LogP) is 3.82. The molecule has 3 aliphatic rings. The van der Waals surface area contributed by atoms with Gasteiger partial charge in [-0.15, -0.1) is 0 Å². The summed E-state index contributed by atoms with van der Waals surface area (Å²) in [5, 5.41) is 11.8. The Kier molecular flexibility index (Phi) is 6.78. The standard InChI is InChI=1S/C23H33ClN8O2/c1-15-20(14-32(29-15)18-11-16-5-6-17(12-18)30(16)2)27-22-26-13-19(24)21(28-22)25-7-3-8-31-9-4-10-34-23(31)33/h13-14,16-18H,3-12H2,1-2H3,(H2,25,26,27,28). The van der Waals surface area contributed by atoms with Crippen LogP contribution in [0.3, 0.4) is 0 Å². The van der Waals surface area contributed by atoms with Crippen LogP contribution in [0.25, 0.3) is 0 Å². The molecule has 11 heteroatoms. The molecule has 3 saturated heterocycles. The number of nitrogens with zero attached hydrogens (tertiary/aromatic N) is 6. The lowest BCUT2D eigenvalue weighted by molar-refractivity contribution is 0.0729. The first-order chi connectivity index (χ1) is 16.5. The van der Waals surface area contributed by atoms with Crippen LogP contribution >= 0.6 is 11.6 Å². The number of aromatic nitrogens is 4. The molecule has 0 spiro atoms. The molecule has 5 heterocycles. The van der Waals surface area contributed by atoms with Crippen molar-refractivity contribution in [2.24, 2.45) is 0 Å². The summed E-state index contributed by atoms with van der Waals surface area (Å²) < 4.78 is 7.19. The second kappa shape index (κ2) is 9.95. The van der Waals surface area contributed by atoms with Gasteiger partial charge >= 0.3 is 6.09 Å². The number of hydrogen-bond acceptors (Lipinski definition) is 8. The van der Waals surface area contributed by atoms with Gasteiger partial charge in [0, 0.05) is 37.9 Å². The number of halogens is 1. The van der Waals surface area contributed by atoms with E-state index in [4.69, 9.17) is 21.4 Å². The van der Waals surface area contributed by atoms with E-state index in [9.17, 15) is 4.79 Å². The zero-order valence-electron chi connectivity index (χ0n) is 19.8. The largest absolute Gasteiger partial charge is 0.449 e. The fourth-order valence-electron chi connectivity index (χ4n) is 5.34. The molecule has 2 N–H and O–H groups in total. The minimum Gasteiger partial charge on any atom is -0.449 e. The van der Waals surface area contributed by atoms with Crippen molar-refractivity contribution in [1.82, 2.24) is 29.5 Å². The molecule has 184 valence electrons. The highest BCUT2D eigenvalue weighted by Crippen LogP contribution is 2.40. The molecule has 10 nitrogen and oxygen atoms in total. The van der Waals surface area contributed by atoms with Crippen LogP contribution in [0, 0.1) is 6.92 Å². The van der Waals surface area contributed by atoms with E-state index in [2.05, 4.69) is 43.4 Å². The molecule has 2 unspecified atom stereocenters. The predicted molar refractivity (Wildman–Crippen MR) is 131 cm³/mol. The Morgan fingerprint density at radius 3 is 2.79 bits per heavy atom. The summed E-state index contributed by atoms with van der Waals surface area (Å²) in [6.45, 7) is 4.53. The molecule has 5 rings (SSSR count). The monoisotopic (exact) mass is 488 g/mol. The summed E-state index contributed by atoms with van der Waals surface area (Å²) in [5.74, 6) is 1.04. The third kappa shape index (κ3) is 4.93. The normalized spacial score (nSPS) is 24.9. The lowest BCUT2D eigenvalue weighted by Gasteiger charge is -2.36. The highest BCUT2D eigenvalue weighted by Gasteiger charge is 2.39. The van der Waals surface area contributed by atoms with E-state index in [1.165, 1.54) is 12.8 Å². The Labute approximate surface area is 205 Å². The van der Waals surface area contributed by atoms with Crippen LogP contribution < -0.4 is 10.6 Å². The van der Waals surface area contributed by atoms with Crippen LogP contribution in [0.2, 0.25) is 5.02 Å². The fourth-order valence-corrected chi connectivity index (χ4v) is 5.50. The van der Waals surface area contributed by atoms with Crippen molar-refractivity contribution in [1.29, 1.82) is 0 Å². The maximum atomic E-state index is 11.7. The zero-order chi connectivity index (χ0) is 23.7. The number of hydrogen-bond donors (Lipinski definition) is 2. The van der Waals surface area contributed by atoms with Gasteiger partial charge in [0.15, 0.2) is 0 Å². The smallest absolute Gasteiger partial charge is 0.409 e. The second-order valence-electron chi connectivity index (χ2n) is 9.53. The van der Waals surface area contributed by atoms with E-state index in [0.717, 1.165) is 43.6 Å². The second-order valence-corrected chi connectivity index (χ2v) is 9.94. The van der Waals surface area contributed by atoms with E-state index in [0.29, 0.717) is 54.6 Å². The first-order valence-corrected chi connectivity index (χ1v) is 12.6. The van der Waals surface area contributed by atoms with E-state index in [1.54, 1.807) is 11.1 Å². The molecule has 3 aliphatic heterocycles. The number of nitrogens with one attached hydrogen (secondary N) is 2. The topological polar surface area (TPSA) is 100 Å².